The third kappa shape index (κ3) is 2.45. The molecule has 0 saturated heterocycles. The molecule has 2 rings (SSSR count). The zero-order chi connectivity index (χ0) is 13.3. The number of carbonyl (C=O) groups is 1. The molecule has 0 unspecified atom stereocenters. The van der Waals surface area contributed by atoms with Gasteiger partial charge in [0, 0.05) is 11.7 Å². The molecule has 0 saturated carbocycles. The second-order valence-corrected chi connectivity index (χ2v) is 4.72. The van der Waals surface area contributed by atoms with E-state index < -0.39 is 0 Å². The third-order valence-electron chi connectivity index (χ3n) is 2.71. The Kier molecular flexibility index (Phi) is 3.23. The number of anilines is 1. The number of hydrogen-bond acceptors (Lipinski definition) is 3. The Morgan fingerprint density at radius 2 is 2.22 bits per heavy atom. The van der Waals surface area contributed by atoms with Gasteiger partial charge in [-0.15, -0.1) is 0 Å². The summed E-state index contributed by atoms with van der Waals surface area (Å²) in [7, 11) is 0. The maximum atomic E-state index is 11.8. The van der Waals surface area contributed by atoms with E-state index in [1.165, 1.54) is 0 Å². The number of nitrogens with one attached hydrogen (secondary N) is 1. The van der Waals surface area contributed by atoms with E-state index >= 15 is 0 Å². The lowest BCUT2D eigenvalue weighted by molar-refractivity contribution is -0.122. The zero-order valence-corrected chi connectivity index (χ0v) is 10.9. The van der Waals surface area contributed by atoms with E-state index in [2.05, 4.69) is 10.3 Å². The molecule has 0 aliphatic heterocycles. The molecule has 0 spiro atoms. The van der Waals surface area contributed by atoms with Crippen molar-refractivity contribution >= 4 is 22.6 Å². The van der Waals surface area contributed by atoms with Crippen LogP contribution in [0, 0.1) is 6.92 Å². The number of carbonyl (C=O) groups excluding carboxylic acids is 1. The van der Waals surface area contributed by atoms with Gasteiger partial charge in [0.15, 0.2) is 0 Å². The van der Waals surface area contributed by atoms with E-state index in [1.807, 2.05) is 43.5 Å². The highest BCUT2D eigenvalue weighted by molar-refractivity contribution is 5.83. The van der Waals surface area contributed by atoms with Crippen LogP contribution >= 0.6 is 0 Å². The monoisotopic (exact) mass is 246 g/mol. The number of nitrogen functional groups attached to an aromatic ring is 1. The Hall–Kier alpha value is -2.04. The van der Waals surface area contributed by atoms with Gasteiger partial charge in [-0.1, -0.05) is 0 Å². The lowest BCUT2D eigenvalue weighted by atomic mass is 10.3. The lowest BCUT2D eigenvalue weighted by Gasteiger charge is -2.10. The van der Waals surface area contributed by atoms with Crippen LogP contribution in [0.5, 0.6) is 0 Å². The van der Waals surface area contributed by atoms with Crippen LogP contribution < -0.4 is 11.1 Å². The fourth-order valence-corrected chi connectivity index (χ4v) is 1.98. The van der Waals surface area contributed by atoms with Gasteiger partial charge in [0.2, 0.25) is 5.91 Å². The summed E-state index contributed by atoms with van der Waals surface area (Å²) in [5.74, 6) is 0.804. The maximum absolute atomic E-state index is 11.8. The summed E-state index contributed by atoms with van der Waals surface area (Å²) >= 11 is 0. The Morgan fingerprint density at radius 3 is 2.89 bits per heavy atom. The van der Waals surface area contributed by atoms with Crippen LogP contribution in [0.3, 0.4) is 0 Å². The van der Waals surface area contributed by atoms with Crippen LogP contribution in [0.25, 0.3) is 11.0 Å². The van der Waals surface area contributed by atoms with Crippen molar-refractivity contribution in [1.29, 1.82) is 0 Å². The molecule has 0 aliphatic rings. The van der Waals surface area contributed by atoms with Gasteiger partial charge in [-0.05, 0) is 39.0 Å². The number of hydrogen-bond donors (Lipinski definition) is 2. The minimum Gasteiger partial charge on any atom is -0.399 e. The van der Waals surface area contributed by atoms with Crippen molar-refractivity contribution < 1.29 is 4.79 Å². The number of nitrogens with two attached hydrogens (primary N) is 1. The van der Waals surface area contributed by atoms with Crippen LogP contribution in [-0.2, 0) is 11.3 Å². The number of aryl methyl sites for hydroxylation is 1. The number of imidazole rings is 1. The molecule has 1 amide bonds. The summed E-state index contributed by atoms with van der Waals surface area (Å²) < 4.78 is 1.90. The summed E-state index contributed by atoms with van der Waals surface area (Å²) in [6.07, 6.45) is 0. The van der Waals surface area contributed by atoms with Crippen LogP contribution in [0.2, 0.25) is 0 Å². The summed E-state index contributed by atoms with van der Waals surface area (Å²) in [5, 5.41) is 2.87. The molecule has 0 bridgehead atoms. The van der Waals surface area contributed by atoms with Crippen molar-refractivity contribution in [3.05, 3.63) is 24.0 Å². The van der Waals surface area contributed by atoms with Gasteiger partial charge < -0.3 is 15.6 Å². The second-order valence-electron chi connectivity index (χ2n) is 4.72. The normalized spacial score (nSPS) is 11.1. The molecule has 5 heteroatoms. The van der Waals surface area contributed by atoms with E-state index in [4.69, 9.17) is 5.73 Å². The first-order chi connectivity index (χ1) is 8.47. The van der Waals surface area contributed by atoms with E-state index in [-0.39, 0.29) is 18.5 Å². The lowest BCUT2D eigenvalue weighted by Crippen LogP contribution is -2.33. The highest BCUT2D eigenvalue weighted by Crippen LogP contribution is 2.18. The number of benzene rings is 1. The number of aromatic nitrogens is 2. The Morgan fingerprint density at radius 1 is 1.50 bits per heavy atom. The van der Waals surface area contributed by atoms with E-state index in [1.54, 1.807) is 0 Å². The van der Waals surface area contributed by atoms with Crippen molar-refractivity contribution in [3.8, 4) is 0 Å². The molecular formula is C13H18N4O. The maximum Gasteiger partial charge on any atom is 0.240 e. The molecular weight excluding hydrogens is 228 g/mol. The van der Waals surface area contributed by atoms with Crippen molar-refractivity contribution in [1.82, 2.24) is 14.9 Å². The van der Waals surface area contributed by atoms with Crippen molar-refractivity contribution in [3.63, 3.8) is 0 Å². The van der Waals surface area contributed by atoms with Gasteiger partial charge in [-0.2, -0.15) is 0 Å². The van der Waals surface area contributed by atoms with Gasteiger partial charge in [-0.3, -0.25) is 4.79 Å². The quantitative estimate of drug-likeness (QED) is 0.805. The van der Waals surface area contributed by atoms with E-state index in [9.17, 15) is 4.79 Å². The van der Waals surface area contributed by atoms with Crippen molar-refractivity contribution in [2.75, 3.05) is 5.73 Å². The molecule has 5 nitrogen and oxygen atoms in total. The molecule has 0 radical (unpaired) electrons. The summed E-state index contributed by atoms with van der Waals surface area (Å²) in [4.78, 5) is 16.2. The SMILES string of the molecule is Cc1nc2cc(N)ccc2n1CC(=O)NC(C)C. The minimum atomic E-state index is -0.00998. The predicted octanol–water partition coefficient (Wildman–Crippen LogP) is 1.45. The molecule has 0 fully saturated rings. The molecule has 0 aliphatic carbocycles. The minimum absolute atomic E-state index is 0.00998. The second kappa shape index (κ2) is 4.68. The Bertz CT molecular complexity index is 586. The van der Waals surface area contributed by atoms with Gasteiger partial charge in [0.1, 0.15) is 12.4 Å². The summed E-state index contributed by atoms with van der Waals surface area (Å²) in [5.41, 5.74) is 8.16. The number of rotatable bonds is 3. The molecule has 0 atom stereocenters. The van der Waals surface area contributed by atoms with E-state index in [0.717, 1.165) is 16.9 Å². The first kappa shape index (κ1) is 12.4. The van der Waals surface area contributed by atoms with Crippen LogP contribution in [0.1, 0.15) is 19.7 Å². The smallest absolute Gasteiger partial charge is 0.240 e. The van der Waals surface area contributed by atoms with Crippen molar-refractivity contribution in [2.24, 2.45) is 0 Å². The Labute approximate surface area is 106 Å². The van der Waals surface area contributed by atoms with Gasteiger partial charge in [-0.25, -0.2) is 4.98 Å². The molecule has 1 aromatic heterocycles. The van der Waals surface area contributed by atoms with Crippen molar-refractivity contribution in [2.45, 2.75) is 33.4 Å². The molecule has 96 valence electrons. The first-order valence-corrected chi connectivity index (χ1v) is 5.99. The highest BCUT2D eigenvalue weighted by atomic mass is 16.2. The summed E-state index contributed by atoms with van der Waals surface area (Å²) in [6, 6.07) is 5.68. The summed E-state index contributed by atoms with van der Waals surface area (Å²) in [6.45, 7) is 6.05. The predicted molar refractivity (Wildman–Crippen MR) is 72.2 cm³/mol. The van der Waals surface area contributed by atoms with E-state index in [0.29, 0.717) is 5.69 Å². The van der Waals surface area contributed by atoms with Gasteiger partial charge >= 0.3 is 0 Å². The first-order valence-electron chi connectivity index (χ1n) is 5.99. The average molecular weight is 246 g/mol. The molecule has 1 aromatic carbocycles. The van der Waals surface area contributed by atoms with Crippen LogP contribution in [0.15, 0.2) is 18.2 Å². The fraction of sp³-hybridized carbons (Fsp3) is 0.385. The highest BCUT2D eigenvalue weighted by Gasteiger charge is 2.11. The third-order valence-corrected chi connectivity index (χ3v) is 2.71. The van der Waals surface area contributed by atoms with Crippen LogP contribution in [0.4, 0.5) is 5.69 Å². The molecule has 1 heterocycles. The number of fused-ring (bicyclic) bond motifs is 1. The number of nitrogens with zero attached hydrogens (tertiary/aromatic N) is 2. The largest absolute Gasteiger partial charge is 0.399 e. The number of amides is 1. The zero-order valence-electron chi connectivity index (χ0n) is 10.9. The van der Waals surface area contributed by atoms with Gasteiger partial charge in [0.25, 0.3) is 0 Å². The van der Waals surface area contributed by atoms with Gasteiger partial charge in [0.05, 0.1) is 11.0 Å². The molecule has 2 aromatic rings. The Balaban J connectivity index is 2.33. The molecule has 18 heavy (non-hydrogen) atoms. The topological polar surface area (TPSA) is 72.9 Å². The average Bonchev–Trinajstić information content (AvgIpc) is 2.53. The standard InChI is InChI=1S/C13H18N4O/c1-8(2)15-13(18)7-17-9(3)16-11-6-10(14)4-5-12(11)17/h4-6,8H,7,14H2,1-3H3,(H,15,18). The molecule has 3 N–H and O–H groups in total. The van der Waals surface area contributed by atoms with Crippen LogP contribution in [-0.4, -0.2) is 21.5 Å². The fourth-order valence-electron chi connectivity index (χ4n) is 1.98.